The average Bonchev–Trinajstić information content (AvgIpc) is 2.51. The lowest BCUT2D eigenvalue weighted by molar-refractivity contribution is -0.0524. The minimum Gasteiger partial charge on any atom is -0.733 e. The van der Waals surface area contributed by atoms with Gasteiger partial charge in [-0.3, -0.25) is 4.84 Å². The van der Waals surface area contributed by atoms with Gasteiger partial charge < -0.3 is 10.4 Å². The molecule has 1 aliphatic heterocycles. The van der Waals surface area contributed by atoms with Crippen LogP contribution in [-0.2, 0) is 4.84 Å². The van der Waals surface area contributed by atoms with Crippen molar-refractivity contribution < 1.29 is 4.84 Å². The highest BCUT2D eigenvalue weighted by molar-refractivity contribution is 5.34. The van der Waals surface area contributed by atoms with Crippen LogP contribution in [0.3, 0.4) is 0 Å². The second-order valence-corrected chi connectivity index (χ2v) is 3.43. The fourth-order valence-corrected chi connectivity index (χ4v) is 1.64. The van der Waals surface area contributed by atoms with E-state index in [-0.39, 0.29) is 5.92 Å². The van der Waals surface area contributed by atoms with Crippen LogP contribution < -0.4 is 0 Å². The van der Waals surface area contributed by atoms with Crippen molar-refractivity contribution in [1.82, 2.24) is 5.23 Å². The van der Waals surface area contributed by atoms with Crippen LogP contribution in [0.25, 0.3) is 4.85 Å². The lowest BCUT2D eigenvalue weighted by atomic mass is 9.94. The molecule has 0 spiro atoms. The van der Waals surface area contributed by atoms with Crippen molar-refractivity contribution in [2.75, 3.05) is 13.7 Å². The van der Waals surface area contributed by atoms with Gasteiger partial charge in [0.1, 0.15) is 5.92 Å². The SMILES string of the molecule is CON([O-])C1=C=C2CCC[N+]#CC2C=C1. The van der Waals surface area contributed by atoms with Gasteiger partial charge in [-0.1, -0.05) is 16.7 Å². The first-order chi connectivity index (χ1) is 7.31. The van der Waals surface area contributed by atoms with Crippen molar-refractivity contribution in [2.24, 2.45) is 5.92 Å². The second-order valence-electron chi connectivity index (χ2n) is 3.43. The van der Waals surface area contributed by atoms with Gasteiger partial charge in [-0.2, -0.15) is 0 Å². The van der Waals surface area contributed by atoms with Crippen LogP contribution in [-0.4, -0.2) is 18.9 Å². The molecule has 4 nitrogen and oxygen atoms in total. The number of nitrogens with zero attached hydrogens (tertiary/aromatic N) is 2. The Labute approximate surface area is 88.5 Å². The van der Waals surface area contributed by atoms with Gasteiger partial charge in [0.15, 0.2) is 0 Å². The average molecular weight is 204 g/mol. The van der Waals surface area contributed by atoms with Crippen LogP contribution in [0.1, 0.15) is 12.8 Å². The Hall–Kier alpha value is -1.53. The zero-order chi connectivity index (χ0) is 10.7. The summed E-state index contributed by atoms with van der Waals surface area (Å²) in [5.41, 5.74) is 4.53. The van der Waals surface area contributed by atoms with Gasteiger partial charge >= 0.3 is 0 Å². The normalized spacial score (nSPS) is 22.9. The van der Waals surface area contributed by atoms with Crippen LogP contribution in [0, 0.1) is 17.2 Å². The summed E-state index contributed by atoms with van der Waals surface area (Å²) in [6, 6.07) is 3.02. The van der Waals surface area contributed by atoms with Crippen LogP contribution in [0.2, 0.25) is 0 Å². The molecule has 1 atom stereocenters. The summed E-state index contributed by atoms with van der Waals surface area (Å²) in [5.74, 6) is 0.0847. The molecule has 2 rings (SSSR count). The highest BCUT2D eigenvalue weighted by Gasteiger charge is 2.20. The molecule has 1 heterocycles. The summed E-state index contributed by atoms with van der Waals surface area (Å²) >= 11 is 0. The van der Waals surface area contributed by atoms with Gasteiger partial charge in [0, 0.05) is 6.42 Å². The van der Waals surface area contributed by atoms with E-state index in [1.165, 1.54) is 7.11 Å². The molecule has 0 bridgehead atoms. The smallest absolute Gasteiger partial charge is 0.285 e. The van der Waals surface area contributed by atoms with E-state index < -0.39 is 0 Å². The van der Waals surface area contributed by atoms with E-state index >= 15 is 0 Å². The van der Waals surface area contributed by atoms with Crippen molar-refractivity contribution in [2.45, 2.75) is 12.8 Å². The lowest BCUT2D eigenvalue weighted by Gasteiger charge is -2.27. The maximum Gasteiger partial charge on any atom is 0.285 e. The summed E-state index contributed by atoms with van der Waals surface area (Å²) < 4.78 is 0. The molecular weight excluding hydrogens is 192 g/mol. The molecule has 0 fully saturated rings. The van der Waals surface area contributed by atoms with E-state index in [0.29, 0.717) is 10.9 Å². The Morgan fingerprint density at radius 1 is 1.67 bits per heavy atom. The van der Waals surface area contributed by atoms with E-state index in [1.807, 2.05) is 6.08 Å². The largest absolute Gasteiger partial charge is 0.733 e. The van der Waals surface area contributed by atoms with Crippen molar-refractivity contribution in [1.29, 1.82) is 0 Å². The third-order valence-corrected chi connectivity index (χ3v) is 2.42. The molecule has 78 valence electrons. The molecule has 0 saturated carbocycles. The summed E-state index contributed by atoms with van der Waals surface area (Å²) in [7, 11) is 1.34. The lowest BCUT2D eigenvalue weighted by Crippen LogP contribution is -2.14. The molecule has 0 aromatic heterocycles. The monoisotopic (exact) mass is 204 g/mol. The zero-order valence-corrected chi connectivity index (χ0v) is 8.56. The third kappa shape index (κ3) is 2.11. The summed E-state index contributed by atoms with van der Waals surface area (Å²) in [6.45, 7) is 0.802. The van der Waals surface area contributed by atoms with Crippen molar-refractivity contribution >= 4 is 0 Å². The molecule has 1 aliphatic carbocycles. The number of rotatable bonds is 2. The van der Waals surface area contributed by atoms with Crippen molar-refractivity contribution in [3.8, 4) is 6.07 Å². The number of fused-ring (bicyclic) bond motifs is 1. The van der Waals surface area contributed by atoms with Crippen LogP contribution in [0.4, 0.5) is 0 Å². The van der Waals surface area contributed by atoms with Gasteiger partial charge in [0.25, 0.3) is 12.6 Å². The minimum absolute atomic E-state index is 0.0847. The van der Waals surface area contributed by atoms with Gasteiger partial charge in [0.05, 0.1) is 12.8 Å². The predicted molar refractivity (Wildman–Crippen MR) is 56.7 cm³/mol. The summed E-state index contributed by atoms with van der Waals surface area (Å²) in [6.07, 6.45) is 5.49. The Balaban J connectivity index is 2.33. The molecular formula is C11H12N2O2. The summed E-state index contributed by atoms with van der Waals surface area (Å²) in [4.78, 5) is 8.72. The predicted octanol–water partition coefficient (Wildman–Crippen LogP) is 2.07. The molecule has 0 saturated heterocycles. The Morgan fingerprint density at radius 2 is 2.53 bits per heavy atom. The quantitative estimate of drug-likeness (QED) is 0.510. The highest BCUT2D eigenvalue weighted by atomic mass is 16.9. The maximum atomic E-state index is 11.2. The molecule has 2 aliphatic rings. The molecule has 0 aromatic rings. The fourth-order valence-electron chi connectivity index (χ4n) is 1.64. The Bertz CT molecular complexity index is 408. The Morgan fingerprint density at radius 3 is 3.33 bits per heavy atom. The van der Waals surface area contributed by atoms with Crippen LogP contribution in [0.5, 0.6) is 0 Å². The first-order valence-corrected chi connectivity index (χ1v) is 4.92. The van der Waals surface area contributed by atoms with Crippen molar-refractivity contribution in [3.63, 3.8) is 0 Å². The van der Waals surface area contributed by atoms with E-state index in [2.05, 4.69) is 21.5 Å². The van der Waals surface area contributed by atoms with Crippen LogP contribution >= 0.6 is 0 Å². The molecule has 1 unspecified atom stereocenters. The number of hydrogen-bond donors (Lipinski definition) is 0. The minimum atomic E-state index is 0.0847. The Kier molecular flexibility index (Phi) is 2.89. The molecule has 0 amide bonds. The second kappa shape index (κ2) is 4.33. The first kappa shape index (κ1) is 10.0. The maximum absolute atomic E-state index is 11.2. The first-order valence-electron chi connectivity index (χ1n) is 4.92. The van der Waals surface area contributed by atoms with Crippen LogP contribution in [0.15, 0.2) is 29.2 Å². The number of hydroxylamine groups is 2. The standard InChI is InChI=1S/C11H12N2O2/c1-15-13(14)11-5-4-10-8-12-6-2-3-9(10)7-11/h4-5,10H,2-3,6H2,1H3. The molecule has 0 aromatic carbocycles. The third-order valence-electron chi connectivity index (χ3n) is 2.42. The fraction of sp³-hybridized carbons (Fsp3) is 0.455. The number of allylic oxidation sites excluding steroid dienone is 2. The zero-order valence-electron chi connectivity index (χ0n) is 8.56. The van der Waals surface area contributed by atoms with E-state index in [9.17, 15) is 5.21 Å². The van der Waals surface area contributed by atoms with Crippen molar-refractivity contribution in [3.05, 3.63) is 39.2 Å². The number of hydrogen-bond acceptors (Lipinski definition) is 3. The van der Waals surface area contributed by atoms with E-state index in [1.54, 1.807) is 6.08 Å². The van der Waals surface area contributed by atoms with Gasteiger partial charge in [0.2, 0.25) is 0 Å². The highest BCUT2D eigenvalue weighted by Crippen LogP contribution is 2.24. The molecule has 0 N–H and O–H groups in total. The van der Waals surface area contributed by atoms with Gasteiger partial charge in [-0.05, 0) is 18.1 Å². The van der Waals surface area contributed by atoms with Gasteiger partial charge in [-0.25, -0.2) is 0 Å². The molecule has 15 heavy (non-hydrogen) atoms. The van der Waals surface area contributed by atoms with E-state index in [0.717, 1.165) is 25.0 Å². The topological polar surface area (TPSA) is 39.9 Å². The molecule has 4 heteroatoms. The molecule has 0 radical (unpaired) electrons. The van der Waals surface area contributed by atoms with Gasteiger partial charge in [-0.15, -0.1) is 0 Å². The summed E-state index contributed by atoms with van der Waals surface area (Å²) in [5, 5.41) is 11.7. The van der Waals surface area contributed by atoms with E-state index in [4.69, 9.17) is 0 Å².